The van der Waals surface area contributed by atoms with Gasteiger partial charge in [0, 0.05) is 18.1 Å². The minimum absolute atomic E-state index is 0.0307. The summed E-state index contributed by atoms with van der Waals surface area (Å²) in [6.07, 6.45) is 0.567. The molecular formula is C18H24NO9S3+. The number of quaternary nitrogens is 1. The highest BCUT2D eigenvalue weighted by molar-refractivity contribution is 7.86. The van der Waals surface area contributed by atoms with Crippen molar-refractivity contribution >= 4 is 41.8 Å². The molecule has 0 saturated heterocycles. The second kappa shape index (κ2) is 7.47. The molecule has 0 spiro atoms. The summed E-state index contributed by atoms with van der Waals surface area (Å²) in [5, 5.41) is 0. The van der Waals surface area contributed by atoms with Gasteiger partial charge in [-0.05, 0) is 43.4 Å². The van der Waals surface area contributed by atoms with Crippen LogP contribution >= 0.6 is 0 Å². The molecule has 10 nitrogen and oxygen atoms in total. The van der Waals surface area contributed by atoms with E-state index in [0.29, 0.717) is 22.4 Å². The molecular weight excluding hydrogens is 470 g/mol. The Morgan fingerprint density at radius 1 is 1.06 bits per heavy atom. The zero-order chi connectivity index (χ0) is 23.6. The van der Waals surface area contributed by atoms with E-state index in [1.54, 1.807) is 0 Å². The van der Waals surface area contributed by atoms with Gasteiger partial charge in [-0.3, -0.25) is 9.11 Å². The highest BCUT2D eigenvalue weighted by Gasteiger charge is 2.54. The predicted molar refractivity (Wildman–Crippen MR) is 115 cm³/mol. The third-order valence-electron chi connectivity index (χ3n) is 6.11. The summed E-state index contributed by atoms with van der Waals surface area (Å²) in [5.74, 6) is -0.603. The van der Waals surface area contributed by atoms with Crippen molar-refractivity contribution in [2.75, 3.05) is 12.8 Å². The molecule has 1 aliphatic heterocycles. The first kappa shape index (κ1) is 24.0. The van der Waals surface area contributed by atoms with E-state index in [2.05, 4.69) is 0 Å². The third kappa shape index (κ3) is 4.11. The molecule has 3 rings (SSSR count). The summed E-state index contributed by atoms with van der Waals surface area (Å²) in [6.45, 7) is 3.71. The molecule has 0 bridgehead atoms. The molecule has 13 heteroatoms. The quantitative estimate of drug-likeness (QED) is 0.398. The molecule has 0 radical (unpaired) electrons. The standard InChI is InChI=1S/C18H23NO9S3/c1-11-9-17-18(14(12(11)2)5-4-8-29(20,21)22)15-7-6-13(30(23,24)25)10-16(15)19(17,3)31(26,27)28/h6-7,10-11H,4-5,8-9H2,1-3H3,(H2-,20,21,22,23,24,25,26,27,28)/p+1. The summed E-state index contributed by atoms with van der Waals surface area (Å²) in [5.41, 5.74) is 2.76. The van der Waals surface area contributed by atoms with Gasteiger partial charge in [0.1, 0.15) is 5.70 Å². The Balaban J connectivity index is 2.28. The second-order valence-corrected chi connectivity index (χ2v) is 12.6. The SMILES string of the molecule is CC1=C(CCCS(=O)(=O)O)C2=C(CC1C)[N+](C)(S(=O)(=O)O)c1cc(S(=O)(=O)O)ccc12. The average molecular weight is 495 g/mol. The largest absolute Gasteiger partial charge is 0.442 e. The minimum atomic E-state index is -4.81. The summed E-state index contributed by atoms with van der Waals surface area (Å²) in [6, 6.07) is 3.53. The number of benzene rings is 1. The molecule has 2 atom stereocenters. The maximum Gasteiger partial charge on any atom is 0.442 e. The normalized spacial score (nSPS) is 24.4. The van der Waals surface area contributed by atoms with Crippen molar-refractivity contribution in [3.05, 3.63) is 40.6 Å². The van der Waals surface area contributed by atoms with Gasteiger partial charge in [0.25, 0.3) is 20.2 Å². The molecule has 172 valence electrons. The van der Waals surface area contributed by atoms with E-state index < -0.39 is 45.1 Å². The van der Waals surface area contributed by atoms with E-state index in [0.717, 1.165) is 17.7 Å². The summed E-state index contributed by atoms with van der Waals surface area (Å²) < 4.78 is 98.2. The molecule has 1 heterocycles. The van der Waals surface area contributed by atoms with Crippen LogP contribution < -0.4 is 3.89 Å². The molecule has 31 heavy (non-hydrogen) atoms. The number of hydrogen-bond acceptors (Lipinski definition) is 6. The van der Waals surface area contributed by atoms with Crippen LogP contribution in [-0.2, 0) is 30.5 Å². The molecule has 0 fully saturated rings. The number of nitrogens with zero attached hydrogens (tertiary/aromatic N) is 1. The Morgan fingerprint density at radius 2 is 1.68 bits per heavy atom. The molecule has 1 aromatic rings. The van der Waals surface area contributed by atoms with Crippen LogP contribution in [0.3, 0.4) is 0 Å². The van der Waals surface area contributed by atoms with Crippen LogP contribution in [0.25, 0.3) is 5.57 Å². The monoisotopic (exact) mass is 494 g/mol. The predicted octanol–water partition coefficient (Wildman–Crippen LogP) is 2.42. The highest BCUT2D eigenvalue weighted by Crippen LogP contribution is 2.55. The van der Waals surface area contributed by atoms with Crippen LogP contribution in [0, 0.1) is 5.92 Å². The lowest BCUT2D eigenvalue weighted by atomic mass is 9.80. The Bertz CT molecular complexity index is 1340. The Hall–Kier alpha value is -1.61. The van der Waals surface area contributed by atoms with E-state index in [4.69, 9.17) is 4.55 Å². The third-order valence-corrected chi connectivity index (χ3v) is 9.10. The van der Waals surface area contributed by atoms with Gasteiger partial charge in [-0.1, -0.05) is 12.5 Å². The maximum atomic E-state index is 12.5. The average Bonchev–Trinajstić information content (AvgIpc) is 2.86. The number of rotatable bonds is 6. The van der Waals surface area contributed by atoms with Crippen molar-refractivity contribution < 1.29 is 38.9 Å². The van der Waals surface area contributed by atoms with Gasteiger partial charge in [-0.15, -0.1) is 12.3 Å². The van der Waals surface area contributed by atoms with Crippen LogP contribution in [0.1, 0.15) is 38.7 Å². The lowest BCUT2D eigenvalue weighted by Gasteiger charge is -2.32. The van der Waals surface area contributed by atoms with Crippen LogP contribution in [0.5, 0.6) is 0 Å². The van der Waals surface area contributed by atoms with E-state index in [-0.39, 0.29) is 30.9 Å². The van der Waals surface area contributed by atoms with E-state index in [1.165, 1.54) is 13.1 Å². The van der Waals surface area contributed by atoms with Crippen LogP contribution in [0.2, 0.25) is 0 Å². The Kier molecular flexibility index (Phi) is 5.79. The first-order valence-electron chi connectivity index (χ1n) is 9.34. The number of fused-ring (bicyclic) bond motifs is 2. The molecule has 0 saturated carbocycles. The Morgan fingerprint density at radius 3 is 2.19 bits per heavy atom. The second-order valence-electron chi connectivity index (χ2n) is 8.00. The van der Waals surface area contributed by atoms with E-state index >= 15 is 0 Å². The fraction of sp³-hybridized carbons (Fsp3) is 0.444. The molecule has 1 aromatic carbocycles. The first-order chi connectivity index (χ1) is 14.0. The van der Waals surface area contributed by atoms with Crippen LogP contribution in [0.15, 0.2) is 39.9 Å². The zero-order valence-corrected chi connectivity index (χ0v) is 19.6. The molecule has 2 aliphatic rings. The van der Waals surface area contributed by atoms with Crippen molar-refractivity contribution in [3.63, 3.8) is 0 Å². The van der Waals surface area contributed by atoms with Crippen LogP contribution in [-0.4, -0.2) is 51.7 Å². The van der Waals surface area contributed by atoms with Crippen molar-refractivity contribution in [2.24, 2.45) is 5.92 Å². The van der Waals surface area contributed by atoms with Gasteiger partial charge < -0.3 is 0 Å². The van der Waals surface area contributed by atoms with Crippen molar-refractivity contribution in [3.8, 4) is 0 Å². The van der Waals surface area contributed by atoms with Crippen molar-refractivity contribution in [2.45, 2.75) is 38.0 Å². The fourth-order valence-electron chi connectivity index (χ4n) is 4.32. The first-order valence-corrected chi connectivity index (χ1v) is 13.8. The maximum absolute atomic E-state index is 12.5. The highest BCUT2D eigenvalue weighted by atomic mass is 32.2. The van der Waals surface area contributed by atoms with Gasteiger partial charge in [-0.2, -0.15) is 16.8 Å². The van der Waals surface area contributed by atoms with Gasteiger partial charge >= 0.3 is 10.3 Å². The fourth-order valence-corrected chi connectivity index (χ4v) is 6.17. The van der Waals surface area contributed by atoms with Crippen LogP contribution in [0.4, 0.5) is 5.69 Å². The number of allylic oxidation sites excluding steroid dienone is 4. The molecule has 3 N–H and O–H groups in total. The van der Waals surface area contributed by atoms with Crippen molar-refractivity contribution in [1.29, 1.82) is 0 Å². The summed E-state index contributed by atoms with van der Waals surface area (Å²) in [7, 11) is -12.4. The zero-order valence-electron chi connectivity index (χ0n) is 17.1. The van der Waals surface area contributed by atoms with Gasteiger partial charge in [0.2, 0.25) is 0 Å². The van der Waals surface area contributed by atoms with Gasteiger partial charge in [0.15, 0.2) is 5.69 Å². The summed E-state index contributed by atoms with van der Waals surface area (Å²) >= 11 is 0. The Labute approximate surface area is 181 Å². The molecule has 0 aromatic heterocycles. The molecule has 1 aliphatic carbocycles. The van der Waals surface area contributed by atoms with Gasteiger partial charge in [-0.25, -0.2) is 4.55 Å². The van der Waals surface area contributed by atoms with E-state index in [1.807, 2.05) is 13.8 Å². The number of hydrogen-bond donors (Lipinski definition) is 3. The smallest absolute Gasteiger partial charge is 0.286 e. The lowest BCUT2D eigenvalue weighted by molar-refractivity contribution is 0.406. The van der Waals surface area contributed by atoms with E-state index in [9.17, 15) is 34.4 Å². The molecule has 2 unspecified atom stereocenters. The van der Waals surface area contributed by atoms with Crippen molar-refractivity contribution in [1.82, 2.24) is 3.89 Å². The molecule has 0 amide bonds. The minimum Gasteiger partial charge on any atom is -0.286 e. The topological polar surface area (TPSA) is 163 Å². The lowest BCUT2D eigenvalue weighted by Crippen LogP contribution is -2.48. The van der Waals surface area contributed by atoms with Gasteiger partial charge in [0.05, 0.1) is 23.3 Å². The summed E-state index contributed by atoms with van der Waals surface area (Å²) in [4.78, 5) is -0.513.